The van der Waals surface area contributed by atoms with Crippen molar-refractivity contribution in [3.05, 3.63) is 41.2 Å². The van der Waals surface area contributed by atoms with Crippen LogP contribution in [0.2, 0.25) is 0 Å². The van der Waals surface area contributed by atoms with Crippen LogP contribution in [0.4, 0.5) is 20.4 Å². The molecule has 0 unspecified atom stereocenters. The number of hydrogen-bond acceptors (Lipinski definition) is 8. The van der Waals surface area contributed by atoms with Crippen molar-refractivity contribution in [2.24, 2.45) is 0 Å². The van der Waals surface area contributed by atoms with Gasteiger partial charge in [0.25, 0.3) is 0 Å². The van der Waals surface area contributed by atoms with E-state index in [0.717, 1.165) is 12.6 Å². The predicted octanol–water partition coefficient (Wildman–Crippen LogP) is 3.57. The average molecular weight is 475 g/mol. The zero-order valence-electron chi connectivity index (χ0n) is 20.1. The molecule has 0 atom stereocenters. The molecule has 2 heterocycles. The van der Waals surface area contributed by atoms with Crippen molar-refractivity contribution in [1.82, 2.24) is 14.9 Å². The van der Waals surface area contributed by atoms with Crippen molar-refractivity contribution in [1.29, 1.82) is 5.26 Å². The van der Waals surface area contributed by atoms with Gasteiger partial charge in [-0.3, -0.25) is 0 Å². The highest BCUT2D eigenvalue weighted by atomic mass is 19.1. The molecule has 1 aliphatic heterocycles. The lowest BCUT2D eigenvalue weighted by Crippen LogP contribution is -2.39. The van der Waals surface area contributed by atoms with Crippen LogP contribution in [0.25, 0.3) is 0 Å². The number of benzene rings is 1. The van der Waals surface area contributed by atoms with Crippen LogP contribution in [-0.4, -0.2) is 67.4 Å². The molecular formula is C24H32F2N6O2. The van der Waals surface area contributed by atoms with E-state index in [0.29, 0.717) is 49.9 Å². The fourth-order valence-corrected chi connectivity index (χ4v) is 3.59. The third kappa shape index (κ3) is 6.98. The number of piperidine rings is 1. The van der Waals surface area contributed by atoms with Crippen molar-refractivity contribution in [3.8, 4) is 11.8 Å². The van der Waals surface area contributed by atoms with E-state index in [1.54, 1.807) is 0 Å². The number of ether oxygens (including phenoxy) is 2. The summed E-state index contributed by atoms with van der Waals surface area (Å²) in [5.41, 5.74) is 0.735. The minimum Gasteiger partial charge on any atom is -0.487 e. The van der Waals surface area contributed by atoms with Crippen molar-refractivity contribution in [3.63, 3.8) is 0 Å². The van der Waals surface area contributed by atoms with Crippen molar-refractivity contribution in [2.75, 3.05) is 50.6 Å². The van der Waals surface area contributed by atoms with Gasteiger partial charge in [0.15, 0.2) is 28.9 Å². The molecule has 1 saturated heterocycles. The van der Waals surface area contributed by atoms with Crippen molar-refractivity contribution < 1.29 is 18.3 Å². The number of nitrogens with zero attached hydrogens (tertiary/aromatic N) is 5. The van der Waals surface area contributed by atoms with E-state index in [4.69, 9.17) is 9.47 Å². The van der Waals surface area contributed by atoms with Crippen LogP contribution < -0.4 is 15.0 Å². The van der Waals surface area contributed by atoms with Gasteiger partial charge >= 0.3 is 0 Å². The maximum Gasteiger partial charge on any atom is 0.173 e. The van der Waals surface area contributed by atoms with Crippen LogP contribution in [0.3, 0.4) is 0 Å². The molecule has 0 bridgehead atoms. The maximum absolute atomic E-state index is 13.9. The van der Waals surface area contributed by atoms with Gasteiger partial charge < -0.3 is 24.6 Å². The Morgan fingerprint density at radius 2 is 1.97 bits per heavy atom. The highest BCUT2D eigenvalue weighted by Crippen LogP contribution is 2.29. The topological polar surface area (TPSA) is 86.5 Å². The molecule has 10 heteroatoms. The Labute approximate surface area is 199 Å². The van der Waals surface area contributed by atoms with E-state index in [9.17, 15) is 14.0 Å². The molecule has 2 aromatic rings. The lowest BCUT2D eigenvalue weighted by Gasteiger charge is -2.34. The molecule has 34 heavy (non-hydrogen) atoms. The number of anilines is 2. The third-order valence-electron chi connectivity index (χ3n) is 5.33. The minimum absolute atomic E-state index is 0.0483. The summed E-state index contributed by atoms with van der Waals surface area (Å²) in [6.07, 6.45) is 1.04. The second kappa shape index (κ2) is 11.9. The number of aromatic nitrogens is 2. The zero-order chi connectivity index (χ0) is 24.7. The van der Waals surface area contributed by atoms with Gasteiger partial charge in [0.1, 0.15) is 23.7 Å². The van der Waals surface area contributed by atoms with Gasteiger partial charge in [-0.05, 0) is 40.1 Å². The number of halogens is 2. The summed E-state index contributed by atoms with van der Waals surface area (Å²) in [4.78, 5) is 13.4. The standard InChI is InChI=1S/C24H32F2N6O2/c1-16(2)28-23-24(30-20(14-27)21(29-23)15-33-12-11-31(3)4)32-9-7-18(8-10-32)34-22-6-5-17(25)13-19(22)26/h5-6,13,16,18H,7-12,15H2,1-4H3,(H,28,29). The van der Waals surface area contributed by atoms with Crippen LogP contribution in [0.15, 0.2) is 18.2 Å². The van der Waals surface area contributed by atoms with Gasteiger partial charge in [0.05, 0.1) is 13.2 Å². The molecule has 184 valence electrons. The number of hydrogen-bond donors (Lipinski definition) is 1. The van der Waals surface area contributed by atoms with Crippen LogP contribution >= 0.6 is 0 Å². The summed E-state index contributed by atoms with van der Waals surface area (Å²) in [7, 11) is 3.93. The van der Waals surface area contributed by atoms with E-state index in [1.165, 1.54) is 12.1 Å². The summed E-state index contributed by atoms with van der Waals surface area (Å²) in [6.45, 7) is 6.70. The molecule has 1 aliphatic rings. The first-order chi connectivity index (χ1) is 16.3. The minimum atomic E-state index is -0.709. The molecule has 3 rings (SSSR count). The Hall–Kier alpha value is -3.03. The highest BCUT2D eigenvalue weighted by molar-refractivity contribution is 5.63. The second-order valence-corrected chi connectivity index (χ2v) is 8.84. The Morgan fingerprint density at radius 1 is 1.24 bits per heavy atom. The highest BCUT2D eigenvalue weighted by Gasteiger charge is 2.26. The van der Waals surface area contributed by atoms with E-state index in [2.05, 4.69) is 26.3 Å². The normalized spacial score (nSPS) is 14.5. The number of rotatable bonds is 10. The van der Waals surface area contributed by atoms with E-state index >= 15 is 0 Å². The smallest absolute Gasteiger partial charge is 0.173 e. The summed E-state index contributed by atoms with van der Waals surface area (Å²) in [6, 6.07) is 5.57. The summed E-state index contributed by atoms with van der Waals surface area (Å²) in [5.74, 6) is -0.0907. The molecule has 8 nitrogen and oxygen atoms in total. The largest absolute Gasteiger partial charge is 0.487 e. The average Bonchev–Trinajstić information content (AvgIpc) is 2.79. The van der Waals surface area contributed by atoms with Crippen LogP contribution in [0, 0.1) is 23.0 Å². The maximum atomic E-state index is 13.9. The Morgan fingerprint density at radius 3 is 2.59 bits per heavy atom. The quantitative estimate of drug-likeness (QED) is 0.523. The van der Waals surface area contributed by atoms with Crippen LogP contribution in [0.5, 0.6) is 5.75 Å². The molecule has 1 aromatic carbocycles. The van der Waals surface area contributed by atoms with Crippen molar-refractivity contribution in [2.45, 2.75) is 45.4 Å². The zero-order valence-corrected chi connectivity index (χ0v) is 20.1. The summed E-state index contributed by atoms with van der Waals surface area (Å²) >= 11 is 0. The SMILES string of the molecule is CC(C)Nc1nc(COCCN(C)C)c(C#N)nc1N1CCC(Oc2ccc(F)cc2F)CC1. The fraction of sp³-hybridized carbons (Fsp3) is 0.542. The second-order valence-electron chi connectivity index (χ2n) is 8.84. The lowest BCUT2D eigenvalue weighted by molar-refractivity contribution is 0.103. The van der Waals surface area contributed by atoms with E-state index < -0.39 is 11.6 Å². The lowest BCUT2D eigenvalue weighted by atomic mass is 10.1. The Balaban J connectivity index is 1.71. The van der Waals surface area contributed by atoms with Crippen LogP contribution in [-0.2, 0) is 11.3 Å². The molecule has 1 aromatic heterocycles. The Kier molecular flexibility index (Phi) is 8.96. The molecule has 0 saturated carbocycles. The molecule has 0 aliphatic carbocycles. The number of nitrogens with one attached hydrogen (secondary N) is 1. The molecule has 1 N–H and O–H groups in total. The van der Waals surface area contributed by atoms with E-state index in [1.807, 2.05) is 32.8 Å². The van der Waals surface area contributed by atoms with Gasteiger partial charge in [-0.15, -0.1) is 0 Å². The monoisotopic (exact) mass is 474 g/mol. The fourth-order valence-electron chi connectivity index (χ4n) is 3.59. The Bertz CT molecular complexity index is 1000. The molecule has 0 spiro atoms. The van der Waals surface area contributed by atoms with Gasteiger partial charge in [-0.2, -0.15) is 5.26 Å². The van der Waals surface area contributed by atoms with Gasteiger partial charge in [0.2, 0.25) is 0 Å². The first-order valence-electron chi connectivity index (χ1n) is 11.4. The third-order valence-corrected chi connectivity index (χ3v) is 5.33. The first-order valence-corrected chi connectivity index (χ1v) is 11.4. The molecule has 1 fully saturated rings. The van der Waals surface area contributed by atoms with Gasteiger partial charge in [-0.25, -0.2) is 18.7 Å². The number of nitriles is 1. The first kappa shape index (κ1) is 25.6. The van der Waals surface area contributed by atoms with Crippen LogP contribution in [0.1, 0.15) is 38.1 Å². The summed E-state index contributed by atoms with van der Waals surface area (Å²) < 4.78 is 38.6. The van der Waals surface area contributed by atoms with Gasteiger partial charge in [-0.1, -0.05) is 0 Å². The van der Waals surface area contributed by atoms with E-state index in [-0.39, 0.29) is 30.2 Å². The predicted molar refractivity (Wildman–Crippen MR) is 126 cm³/mol. The van der Waals surface area contributed by atoms with Gasteiger partial charge in [0, 0.05) is 44.6 Å². The molecule has 0 amide bonds. The summed E-state index contributed by atoms with van der Waals surface area (Å²) in [5, 5.41) is 13.0. The number of likely N-dealkylation sites (N-methyl/N-ethyl adjacent to an activating group) is 1. The molecule has 0 radical (unpaired) electrons. The molecular weight excluding hydrogens is 442 g/mol. The van der Waals surface area contributed by atoms with Crippen molar-refractivity contribution >= 4 is 11.6 Å².